The molecular formula is C11H17ClN4. The van der Waals surface area contributed by atoms with Gasteiger partial charge in [0.15, 0.2) is 0 Å². The first-order valence-electron chi connectivity index (χ1n) is 5.41. The van der Waals surface area contributed by atoms with Crippen molar-refractivity contribution in [2.75, 3.05) is 27.2 Å². The van der Waals surface area contributed by atoms with Gasteiger partial charge in [-0.25, -0.2) is 4.98 Å². The van der Waals surface area contributed by atoms with Crippen LogP contribution in [0.4, 0.5) is 0 Å². The number of likely N-dealkylation sites (N-methyl/N-ethyl adjacent to an activating group) is 1. The van der Waals surface area contributed by atoms with Crippen molar-refractivity contribution in [2.24, 2.45) is 0 Å². The van der Waals surface area contributed by atoms with Crippen LogP contribution in [0.1, 0.15) is 5.56 Å². The van der Waals surface area contributed by atoms with Crippen molar-refractivity contribution in [1.29, 1.82) is 0 Å². The van der Waals surface area contributed by atoms with E-state index < -0.39 is 0 Å². The van der Waals surface area contributed by atoms with Gasteiger partial charge in [0.05, 0.1) is 0 Å². The third-order valence-electron chi connectivity index (χ3n) is 2.85. The quantitative estimate of drug-likeness (QED) is 0.799. The van der Waals surface area contributed by atoms with E-state index in [1.807, 2.05) is 18.3 Å². The minimum atomic E-state index is 0.315. The fraction of sp³-hybridized carbons (Fsp3) is 0.545. The molecule has 0 spiro atoms. The molecule has 1 aliphatic rings. The Morgan fingerprint density at radius 2 is 2.44 bits per heavy atom. The van der Waals surface area contributed by atoms with Crippen LogP contribution >= 0.6 is 11.6 Å². The lowest BCUT2D eigenvalue weighted by molar-refractivity contribution is 0.0973. The highest BCUT2D eigenvalue weighted by atomic mass is 35.5. The molecule has 4 nitrogen and oxygen atoms in total. The third-order valence-corrected chi connectivity index (χ3v) is 3.07. The summed E-state index contributed by atoms with van der Waals surface area (Å²) >= 11 is 5.75. The van der Waals surface area contributed by atoms with E-state index in [1.165, 1.54) is 5.56 Å². The Morgan fingerprint density at radius 3 is 3.00 bits per heavy atom. The van der Waals surface area contributed by atoms with Gasteiger partial charge in [0.2, 0.25) is 0 Å². The molecule has 0 saturated carbocycles. The fourth-order valence-corrected chi connectivity index (χ4v) is 2.13. The number of rotatable bonds is 3. The van der Waals surface area contributed by atoms with Gasteiger partial charge in [0.1, 0.15) is 11.4 Å². The lowest BCUT2D eigenvalue weighted by atomic mass is 10.3. The Morgan fingerprint density at radius 1 is 1.62 bits per heavy atom. The Labute approximate surface area is 101 Å². The van der Waals surface area contributed by atoms with Crippen LogP contribution in [0.2, 0.25) is 5.15 Å². The van der Waals surface area contributed by atoms with Gasteiger partial charge >= 0.3 is 0 Å². The number of pyridine rings is 1. The molecule has 1 aromatic heterocycles. The maximum absolute atomic E-state index is 5.75. The van der Waals surface area contributed by atoms with E-state index >= 15 is 0 Å². The van der Waals surface area contributed by atoms with Crippen LogP contribution in [0.15, 0.2) is 18.3 Å². The first-order valence-corrected chi connectivity index (χ1v) is 5.79. The molecule has 0 aromatic carbocycles. The number of nitrogens with one attached hydrogen (secondary N) is 1. The molecule has 1 aliphatic heterocycles. The zero-order valence-electron chi connectivity index (χ0n) is 9.65. The predicted molar refractivity (Wildman–Crippen MR) is 65.1 cm³/mol. The zero-order chi connectivity index (χ0) is 11.5. The van der Waals surface area contributed by atoms with Crippen LogP contribution < -0.4 is 5.32 Å². The molecule has 1 saturated heterocycles. The molecule has 5 heteroatoms. The van der Waals surface area contributed by atoms with Crippen LogP contribution in [0, 0.1) is 0 Å². The summed E-state index contributed by atoms with van der Waals surface area (Å²) in [6.45, 7) is 3.00. The summed E-state index contributed by atoms with van der Waals surface area (Å²) in [5, 5.41) is 3.99. The van der Waals surface area contributed by atoms with Gasteiger partial charge in [-0.1, -0.05) is 17.7 Å². The maximum atomic E-state index is 5.75. The van der Waals surface area contributed by atoms with E-state index in [4.69, 9.17) is 11.6 Å². The van der Waals surface area contributed by atoms with Crippen LogP contribution in [0.3, 0.4) is 0 Å². The first-order chi connectivity index (χ1) is 7.66. The summed E-state index contributed by atoms with van der Waals surface area (Å²) in [5.41, 5.74) is 1.18. The Bertz CT molecular complexity index is 340. The highest BCUT2D eigenvalue weighted by Gasteiger charge is 2.23. The summed E-state index contributed by atoms with van der Waals surface area (Å²) in [4.78, 5) is 8.64. The van der Waals surface area contributed by atoms with E-state index in [2.05, 4.69) is 34.2 Å². The molecule has 0 bridgehead atoms. The second-order valence-corrected chi connectivity index (χ2v) is 4.60. The van der Waals surface area contributed by atoms with Crippen molar-refractivity contribution in [3.8, 4) is 0 Å². The normalized spacial score (nSPS) is 21.9. The summed E-state index contributed by atoms with van der Waals surface area (Å²) < 4.78 is 0. The standard InChI is InChI=1S/C11H17ClN4/c1-15-6-5-13-11(15)16(2)8-9-3-4-10(12)14-7-9/h3-4,7,11,13H,5-6,8H2,1-2H3. The largest absolute Gasteiger partial charge is 0.288 e. The molecule has 1 fully saturated rings. The van der Waals surface area contributed by atoms with E-state index in [-0.39, 0.29) is 0 Å². The van der Waals surface area contributed by atoms with Crippen LogP contribution in [-0.4, -0.2) is 48.3 Å². The summed E-state index contributed by atoms with van der Waals surface area (Å²) in [7, 11) is 4.23. The van der Waals surface area contributed by atoms with Gasteiger partial charge < -0.3 is 0 Å². The van der Waals surface area contributed by atoms with Gasteiger partial charge in [0, 0.05) is 25.8 Å². The van der Waals surface area contributed by atoms with Crippen molar-refractivity contribution < 1.29 is 0 Å². The first kappa shape index (κ1) is 11.8. The second kappa shape index (κ2) is 5.10. The minimum absolute atomic E-state index is 0.315. The highest BCUT2D eigenvalue weighted by Crippen LogP contribution is 2.11. The van der Waals surface area contributed by atoms with Crippen molar-refractivity contribution in [3.63, 3.8) is 0 Å². The Balaban J connectivity index is 1.96. The van der Waals surface area contributed by atoms with Gasteiger partial charge in [-0.15, -0.1) is 0 Å². The average Bonchev–Trinajstić information content (AvgIpc) is 2.68. The van der Waals surface area contributed by atoms with Crippen molar-refractivity contribution in [1.82, 2.24) is 20.1 Å². The highest BCUT2D eigenvalue weighted by molar-refractivity contribution is 6.29. The molecule has 1 atom stereocenters. The minimum Gasteiger partial charge on any atom is -0.288 e. The molecule has 0 amide bonds. The lowest BCUT2D eigenvalue weighted by Gasteiger charge is -2.29. The summed E-state index contributed by atoms with van der Waals surface area (Å²) in [6, 6.07) is 3.84. The number of hydrogen-bond donors (Lipinski definition) is 1. The zero-order valence-corrected chi connectivity index (χ0v) is 10.4. The van der Waals surface area contributed by atoms with Crippen LogP contribution in [0.25, 0.3) is 0 Å². The molecule has 16 heavy (non-hydrogen) atoms. The smallest absolute Gasteiger partial charge is 0.129 e. The second-order valence-electron chi connectivity index (χ2n) is 4.21. The van der Waals surface area contributed by atoms with Crippen molar-refractivity contribution in [2.45, 2.75) is 12.8 Å². The summed E-state index contributed by atoms with van der Waals surface area (Å²) in [5.74, 6) is 0. The molecule has 0 aliphatic carbocycles. The van der Waals surface area contributed by atoms with E-state index in [1.54, 1.807) is 0 Å². The van der Waals surface area contributed by atoms with Gasteiger partial charge in [-0.3, -0.25) is 15.1 Å². The van der Waals surface area contributed by atoms with E-state index in [0.717, 1.165) is 19.6 Å². The van der Waals surface area contributed by atoms with Crippen molar-refractivity contribution in [3.05, 3.63) is 29.0 Å². The number of halogens is 1. The molecule has 2 rings (SSSR count). The molecule has 1 N–H and O–H groups in total. The molecule has 2 heterocycles. The van der Waals surface area contributed by atoms with Crippen LogP contribution in [-0.2, 0) is 6.54 Å². The van der Waals surface area contributed by atoms with Gasteiger partial charge in [0.25, 0.3) is 0 Å². The molecule has 88 valence electrons. The fourth-order valence-electron chi connectivity index (χ4n) is 2.01. The number of nitrogens with zero attached hydrogens (tertiary/aromatic N) is 3. The molecular weight excluding hydrogens is 224 g/mol. The van der Waals surface area contributed by atoms with Gasteiger partial charge in [-0.2, -0.15) is 0 Å². The Hall–Kier alpha value is -0.680. The van der Waals surface area contributed by atoms with Crippen LogP contribution in [0.5, 0.6) is 0 Å². The Kier molecular flexibility index (Phi) is 3.76. The summed E-state index contributed by atoms with van der Waals surface area (Å²) in [6.07, 6.45) is 2.14. The molecule has 1 unspecified atom stereocenters. The maximum Gasteiger partial charge on any atom is 0.129 e. The average molecular weight is 241 g/mol. The predicted octanol–water partition coefficient (Wildman–Crippen LogP) is 0.985. The van der Waals surface area contributed by atoms with E-state index in [0.29, 0.717) is 11.4 Å². The van der Waals surface area contributed by atoms with Gasteiger partial charge in [-0.05, 0) is 25.7 Å². The monoisotopic (exact) mass is 240 g/mol. The molecule has 1 aromatic rings. The SMILES string of the molecule is CN1CCNC1N(C)Cc1ccc(Cl)nc1. The van der Waals surface area contributed by atoms with Crippen molar-refractivity contribution >= 4 is 11.6 Å². The number of hydrogen-bond acceptors (Lipinski definition) is 4. The lowest BCUT2D eigenvalue weighted by Crippen LogP contribution is -2.46. The topological polar surface area (TPSA) is 31.4 Å². The number of aromatic nitrogens is 1. The molecule has 0 radical (unpaired) electrons. The van der Waals surface area contributed by atoms with E-state index in [9.17, 15) is 0 Å². The third kappa shape index (κ3) is 2.71.